The van der Waals surface area contributed by atoms with E-state index in [1.807, 2.05) is 72.8 Å². The lowest BCUT2D eigenvalue weighted by molar-refractivity contribution is 0.104. The third-order valence-electron chi connectivity index (χ3n) is 7.51. The summed E-state index contributed by atoms with van der Waals surface area (Å²) >= 11 is 0. The van der Waals surface area contributed by atoms with Crippen LogP contribution < -0.4 is 5.32 Å². The Labute approximate surface area is 225 Å². The summed E-state index contributed by atoms with van der Waals surface area (Å²) in [7, 11) is 0. The van der Waals surface area contributed by atoms with Crippen LogP contribution in [0.2, 0.25) is 0 Å². The largest absolute Gasteiger partial charge is 0.371 e. The summed E-state index contributed by atoms with van der Waals surface area (Å²) in [5.41, 5.74) is 7.86. The van der Waals surface area contributed by atoms with Crippen LogP contribution >= 0.6 is 0 Å². The molecule has 0 saturated heterocycles. The van der Waals surface area contributed by atoms with Gasteiger partial charge in [0.05, 0.1) is 17.0 Å². The Hall–Kier alpha value is -4.90. The van der Waals surface area contributed by atoms with E-state index in [1.165, 1.54) is 12.1 Å². The number of hydrogen-bond acceptors (Lipinski definition) is 2. The molecule has 190 valence electrons. The van der Waals surface area contributed by atoms with Crippen molar-refractivity contribution in [3.05, 3.63) is 126 Å². The van der Waals surface area contributed by atoms with Crippen LogP contribution in [-0.4, -0.2) is 21.9 Å². The second kappa shape index (κ2) is 9.44. The van der Waals surface area contributed by atoms with Gasteiger partial charge in [0.25, 0.3) is 0 Å². The van der Waals surface area contributed by atoms with Gasteiger partial charge in [-0.05, 0) is 47.9 Å². The van der Waals surface area contributed by atoms with E-state index >= 15 is 0 Å². The minimum absolute atomic E-state index is 0.0404. The molecule has 4 aromatic carbocycles. The number of nitrogens with zero attached hydrogens (tertiary/aromatic N) is 1. The number of benzene rings is 4. The van der Waals surface area contributed by atoms with Crippen LogP contribution in [0, 0.1) is 5.82 Å². The van der Waals surface area contributed by atoms with Crippen molar-refractivity contribution in [1.82, 2.24) is 9.55 Å². The highest BCUT2D eigenvalue weighted by Crippen LogP contribution is 2.49. The number of carbonyl (C=O) groups is 1. The average Bonchev–Trinajstić information content (AvgIpc) is 3.54. The van der Waals surface area contributed by atoms with Gasteiger partial charge >= 0.3 is 0 Å². The summed E-state index contributed by atoms with van der Waals surface area (Å²) in [6.07, 6.45) is 0.924. The Bertz CT molecular complexity index is 1820. The number of ketones is 1. The molecule has 5 heteroatoms. The van der Waals surface area contributed by atoms with Crippen molar-refractivity contribution in [2.24, 2.45) is 0 Å². The molecule has 2 N–H and O–H groups in total. The Morgan fingerprint density at radius 2 is 1.44 bits per heavy atom. The molecule has 3 heterocycles. The number of halogens is 1. The summed E-state index contributed by atoms with van der Waals surface area (Å²) in [5.74, 6) is 0.483. The van der Waals surface area contributed by atoms with Crippen molar-refractivity contribution in [2.75, 3.05) is 11.9 Å². The van der Waals surface area contributed by atoms with Gasteiger partial charge in [0, 0.05) is 40.7 Å². The molecule has 0 aliphatic carbocycles. The van der Waals surface area contributed by atoms with Gasteiger partial charge in [0.2, 0.25) is 0 Å². The minimum Gasteiger partial charge on any atom is -0.371 e. The topological polar surface area (TPSA) is 49.8 Å². The van der Waals surface area contributed by atoms with Crippen molar-refractivity contribution >= 4 is 22.5 Å². The average molecular weight is 512 g/mol. The van der Waals surface area contributed by atoms with Crippen LogP contribution in [0.1, 0.15) is 22.3 Å². The number of nitrogens with one attached hydrogen (secondary N) is 2. The molecule has 4 nitrogen and oxygen atoms in total. The summed E-state index contributed by atoms with van der Waals surface area (Å²) in [6, 6.07) is 34.4. The molecule has 0 bridgehead atoms. The Balaban J connectivity index is 1.64. The Kier molecular flexibility index (Phi) is 5.63. The van der Waals surface area contributed by atoms with Crippen LogP contribution in [0.5, 0.6) is 0 Å². The molecule has 0 radical (unpaired) electrons. The quantitative estimate of drug-likeness (QED) is 0.229. The molecular formula is C34H26FN3O. The van der Waals surface area contributed by atoms with Gasteiger partial charge in [-0.2, -0.15) is 0 Å². The fourth-order valence-electron chi connectivity index (χ4n) is 5.80. The predicted octanol–water partition coefficient (Wildman–Crippen LogP) is 8.16. The number of aromatic amines is 1. The smallest absolute Gasteiger partial charge is 0.197 e. The number of aromatic nitrogens is 2. The van der Waals surface area contributed by atoms with Crippen molar-refractivity contribution in [3.8, 4) is 33.6 Å². The van der Waals surface area contributed by atoms with Gasteiger partial charge in [-0.25, -0.2) is 4.39 Å². The molecule has 1 aliphatic rings. The highest BCUT2D eigenvalue weighted by molar-refractivity contribution is 6.21. The first-order valence-corrected chi connectivity index (χ1v) is 13.2. The first-order valence-electron chi connectivity index (χ1n) is 13.2. The molecular weight excluding hydrogens is 485 g/mol. The predicted molar refractivity (Wildman–Crippen MR) is 156 cm³/mol. The zero-order chi connectivity index (χ0) is 26.3. The molecule has 0 spiro atoms. The van der Waals surface area contributed by atoms with E-state index in [-0.39, 0.29) is 11.6 Å². The monoisotopic (exact) mass is 511 g/mol. The van der Waals surface area contributed by atoms with E-state index in [2.05, 4.69) is 39.1 Å². The van der Waals surface area contributed by atoms with E-state index in [4.69, 9.17) is 0 Å². The third kappa shape index (κ3) is 3.86. The summed E-state index contributed by atoms with van der Waals surface area (Å²) in [5, 5.41) is 4.58. The maximum Gasteiger partial charge on any atom is 0.197 e. The lowest BCUT2D eigenvalue weighted by atomic mass is 9.90. The van der Waals surface area contributed by atoms with Gasteiger partial charge in [-0.1, -0.05) is 78.9 Å². The summed E-state index contributed by atoms with van der Waals surface area (Å²) in [6.45, 7) is 1.54. The molecule has 0 atom stereocenters. The molecule has 0 amide bonds. The van der Waals surface area contributed by atoms with Crippen LogP contribution in [0.15, 0.2) is 109 Å². The highest BCUT2D eigenvalue weighted by atomic mass is 19.1. The molecule has 39 heavy (non-hydrogen) atoms. The van der Waals surface area contributed by atoms with Gasteiger partial charge in [0.1, 0.15) is 11.6 Å². The number of rotatable bonds is 5. The van der Waals surface area contributed by atoms with Gasteiger partial charge in [-0.15, -0.1) is 0 Å². The van der Waals surface area contributed by atoms with E-state index in [0.717, 1.165) is 69.9 Å². The Morgan fingerprint density at radius 3 is 2.21 bits per heavy atom. The van der Waals surface area contributed by atoms with Gasteiger partial charge in [0.15, 0.2) is 5.78 Å². The molecule has 7 rings (SSSR count). The van der Waals surface area contributed by atoms with Crippen molar-refractivity contribution in [1.29, 1.82) is 0 Å². The van der Waals surface area contributed by atoms with Crippen molar-refractivity contribution in [3.63, 3.8) is 0 Å². The molecule has 0 unspecified atom stereocenters. The lowest BCUT2D eigenvalue weighted by Crippen LogP contribution is -2.19. The second-order valence-electron chi connectivity index (χ2n) is 9.87. The maximum atomic E-state index is 14.4. The third-order valence-corrected chi connectivity index (χ3v) is 7.51. The molecule has 6 aromatic rings. The second-order valence-corrected chi connectivity index (χ2v) is 9.87. The number of carbonyl (C=O) groups excluding carboxylic acids is 1. The van der Waals surface area contributed by atoms with Crippen molar-refractivity contribution in [2.45, 2.75) is 13.0 Å². The van der Waals surface area contributed by atoms with Crippen LogP contribution in [0.4, 0.5) is 10.2 Å². The SMILES string of the molecule is O=C(c1ccccc1)c1c(-c2c(-c3ccccc3)[nH]c3ccccc23)c(-c2ccc(F)cc2)n2c1NCCC2. The van der Waals surface area contributed by atoms with Gasteiger partial charge < -0.3 is 14.9 Å². The fourth-order valence-corrected chi connectivity index (χ4v) is 5.80. The summed E-state index contributed by atoms with van der Waals surface area (Å²) in [4.78, 5) is 18.0. The van der Waals surface area contributed by atoms with Crippen LogP contribution in [0.3, 0.4) is 0 Å². The van der Waals surface area contributed by atoms with E-state index in [1.54, 1.807) is 0 Å². The fraction of sp³-hybridized carbons (Fsp3) is 0.0882. The Morgan fingerprint density at radius 1 is 0.744 bits per heavy atom. The maximum absolute atomic E-state index is 14.4. The van der Waals surface area contributed by atoms with E-state index in [0.29, 0.717) is 11.1 Å². The number of para-hydroxylation sites is 1. The lowest BCUT2D eigenvalue weighted by Gasteiger charge is -2.20. The van der Waals surface area contributed by atoms with E-state index in [9.17, 15) is 9.18 Å². The van der Waals surface area contributed by atoms with Crippen molar-refractivity contribution < 1.29 is 9.18 Å². The summed E-state index contributed by atoms with van der Waals surface area (Å²) < 4.78 is 16.3. The van der Waals surface area contributed by atoms with Gasteiger partial charge in [-0.3, -0.25) is 4.79 Å². The normalized spacial score (nSPS) is 12.7. The van der Waals surface area contributed by atoms with E-state index < -0.39 is 0 Å². The van der Waals surface area contributed by atoms with Crippen LogP contribution in [0.25, 0.3) is 44.5 Å². The zero-order valence-electron chi connectivity index (χ0n) is 21.2. The van der Waals surface area contributed by atoms with Crippen LogP contribution in [-0.2, 0) is 6.54 Å². The zero-order valence-corrected chi connectivity index (χ0v) is 21.2. The number of fused-ring (bicyclic) bond motifs is 2. The molecule has 0 saturated carbocycles. The first-order chi connectivity index (χ1) is 19.2. The number of anilines is 1. The first kappa shape index (κ1) is 23.2. The number of hydrogen-bond donors (Lipinski definition) is 2. The minimum atomic E-state index is -0.290. The number of H-pyrrole nitrogens is 1. The molecule has 1 aliphatic heterocycles. The highest BCUT2D eigenvalue weighted by Gasteiger charge is 2.33. The standard InChI is InChI=1S/C34H26FN3O/c35-25-18-16-23(17-19-25)32-29(28-26-14-7-8-15-27(26)37-31(28)22-10-3-1-4-11-22)30(34-36-20-9-21-38(32)34)33(39)24-12-5-2-6-13-24/h1-8,10-19,36-37H,9,20-21H2. The molecule has 2 aromatic heterocycles. The molecule has 0 fully saturated rings.